The van der Waals surface area contributed by atoms with Crippen LogP contribution in [0.15, 0.2) is 30.6 Å². The van der Waals surface area contributed by atoms with Crippen molar-refractivity contribution in [1.29, 1.82) is 0 Å². The third-order valence-electron chi connectivity index (χ3n) is 2.50. The van der Waals surface area contributed by atoms with E-state index in [1.54, 1.807) is 24.0 Å². The molecule has 7 heteroatoms. The van der Waals surface area contributed by atoms with Crippen LogP contribution in [-0.4, -0.2) is 21.8 Å². The van der Waals surface area contributed by atoms with E-state index in [1.165, 1.54) is 18.3 Å². The number of aromatic nitrogens is 2. The summed E-state index contributed by atoms with van der Waals surface area (Å²) in [7, 11) is 1.76. The first kappa shape index (κ1) is 12.4. The highest BCUT2D eigenvalue weighted by Gasteiger charge is 2.10. The number of nitro groups is 1. The molecule has 0 fully saturated rings. The molecule has 2 aromatic rings. The van der Waals surface area contributed by atoms with E-state index in [0.29, 0.717) is 11.6 Å². The van der Waals surface area contributed by atoms with E-state index in [1.807, 2.05) is 0 Å². The summed E-state index contributed by atoms with van der Waals surface area (Å²) >= 11 is 5.77. The molecule has 94 valence electrons. The Kier molecular flexibility index (Phi) is 3.47. The maximum atomic E-state index is 10.8. The summed E-state index contributed by atoms with van der Waals surface area (Å²) < 4.78 is 1.63. The number of halogens is 1. The molecule has 0 bridgehead atoms. The standard InChI is InChI=1S/C11H11ClN4O2/c1-13-11-3-2-10(16(17)18)4-8(11)6-15-7-9(12)5-14-15/h2-5,7,13H,6H2,1H3. The second-order valence-electron chi connectivity index (χ2n) is 3.70. The smallest absolute Gasteiger partial charge is 0.269 e. The van der Waals surface area contributed by atoms with Gasteiger partial charge in [0.1, 0.15) is 0 Å². The van der Waals surface area contributed by atoms with Gasteiger partial charge < -0.3 is 5.32 Å². The average molecular weight is 267 g/mol. The topological polar surface area (TPSA) is 73.0 Å². The molecular weight excluding hydrogens is 256 g/mol. The monoisotopic (exact) mass is 266 g/mol. The molecule has 6 nitrogen and oxygen atoms in total. The molecule has 0 saturated carbocycles. The summed E-state index contributed by atoms with van der Waals surface area (Å²) in [5, 5.41) is 18.3. The van der Waals surface area contributed by atoms with Gasteiger partial charge in [-0.3, -0.25) is 14.8 Å². The molecule has 1 N–H and O–H groups in total. The number of anilines is 1. The average Bonchev–Trinajstić information content (AvgIpc) is 2.74. The van der Waals surface area contributed by atoms with Crippen molar-refractivity contribution in [2.24, 2.45) is 0 Å². The van der Waals surface area contributed by atoms with Gasteiger partial charge in [-0.1, -0.05) is 11.6 Å². The highest BCUT2D eigenvalue weighted by Crippen LogP contribution is 2.22. The Balaban J connectivity index is 2.35. The molecule has 1 heterocycles. The number of hydrogen-bond acceptors (Lipinski definition) is 4. The number of hydrogen-bond donors (Lipinski definition) is 1. The molecule has 0 amide bonds. The van der Waals surface area contributed by atoms with Crippen molar-refractivity contribution in [2.75, 3.05) is 12.4 Å². The lowest BCUT2D eigenvalue weighted by atomic mass is 10.1. The zero-order valence-electron chi connectivity index (χ0n) is 9.63. The summed E-state index contributed by atoms with van der Waals surface area (Å²) in [5.41, 5.74) is 1.67. The minimum Gasteiger partial charge on any atom is -0.388 e. The van der Waals surface area contributed by atoms with Gasteiger partial charge in [0, 0.05) is 36.6 Å². The van der Waals surface area contributed by atoms with E-state index in [2.05, 4.69) is 10.4 Å². The fourth-order valence-corrected chi connectivity index (χ4v) is 1.82. The summed E-state index contributed by atoms with van der Waals surface area (Å²) in [4.78, 5) is 10.3. The van der Waals surface area contributed by atoms with Crippen LogP contribution in [0.25, 0.3) is 0 Å². The van der Waals surface area contributed by atoms with E-state index >= 15 is 0 Å². The third-order valence-corrected chi connectivity index (χ3v) is 2.70. The molecule has 0 saturated heterocycles. The van der Waals surface area contributed by atoms with Crippen molar-refractivity contribution in [1.82, 2.24) is 9.78 Å². The Labute approximate surface area is 108 Å². The fraction of sp³-hybridized carbons (Fsp3) is 0.182. The highest BCUT2D eigenvalue weighted by atomic mass is 35.5. The van der Waals surface area contributed by atoms with Crippen LogP contribution in [0.1, 0.15) is 5.56 Å². The van der Waals surface area contributed by atoms with Gasteiger partial charge >= 0.3 is 0 Å². The number of rotatable bonds is 4. The lowest BCUT2D eigenvalue weighted by Crippen LogP contribution is -2.04. The Morgan fingerprint density at radius 2 is 2.33 bits per heavy atom. The molecule has 0 unspecified atom stereocenters. The number of non-ortho nitro benzene ring substituents is 1. The van der Waals surface area contributed by atoms with Crippen LogP contribution in [0.5, 0.6) is 0 Å². The second kappa shape index (κ2) is 5.05. The maximum absolute atomic E-state index is 10.8. The van der Waals surface area contributed by atoms with Gasteiger partial charge in [-0.25, -0.2) is 0 Å². The number of nitro benzene ring substituents is 1. The van der Waals surface area contributed by atoms with Crippen LogP contribution >= 0.6 is 11.6 Å². The first-order chi connectivity index (χ1) is 8.60. The Morgan fingerprint density at radius 1 is 1.56 bits per heavy atom. The van der Waals surface area contributed by atoms with Crippen molar-refractivity contribution in [3.63, 3.8) is 0 Å². The van der Waals surface area contributed by atoms with Crippen LogP contribution in [0.2, 0.25) is 5.02 Å². The van der Waals surface area contributed by atoms with Crippen LogP contribution in [0, 0.1) is 10.1 Å². The first-order valence-corrected chi connectivity index (χ1v) is 5.61. The molecule has 1 aromatic carbocycles. The van der Waals surface area contributed by atoms with Crippen LogP contribution < -0.4 is 5.32 Å². The molecule has 0 aliphatic heterocycles. The summed E-state index contributed by atoms with van der Waals surface area (Å²) in [6.45, 7) is 0.421. The molecule has 0 spiro atoms. The van der Waals surface area contributed by atoms with E-state index in [-0.39, 0.29) is 5.69 Å². The zero-order valence-corrected chi connectivity index (χ0v) is 10.4. The largest absolute Gasteiger partial charge is 0.388 e. The van der Waals surface area contributed by atoms with Crippen LogP contribution in [0.4, 0.5) is 11.4 Å². The predicted octanol–water partition coefficient (Wildman–Crippen LogP) is 2.53. The normalized spacial score (nSPS) is 10.3. The SMILES string of the molecule is CNc1ccc([N+](=O)[O-])cc1Cn1cc(Cl)cn1. The van der Waals surface area contributed by atoms with E-state index < -0.39 is 4.92 Å². The third kappa shape index (κ3) is 2.60. The molecule has 0 radical (unpaired) electrons. The maximum Gasteiger partial charge on any atom is 0.269 e. The highest BCUT2D eigenvalue weighted by molar-refractivity contribution is 6.30. The predicted molar refractivity (Wildman–Crippen MR) is 69.0 cm³/mol. The van der Waals surface area contributed by atoms with Crippen molar-refractivity contribution in [2.45, 2.75) is 6.54 Å². The van der Waals surface area contributed by atoms with Crippen molar-refractivity contribution >= 4 is 23.0 Å². The lowest BCUT2D eigenvalue weighted by molar-refractivity contribution is -0.384. The van der Waals surface area contributed by atoms with Gasteiger partial charge in [0.25, 0.3) is 5.69 Å². The van der Waals surface area contributed by atoms with E-state index in [4.69, 9.17) is 11.6 Å². The Morgan fingerprint density at radius 3 is 2.89 bits per heavy atom. The van der Waals surface area contributed by atoms with Crippen LogP contribution in [0.3, 0.4) is 0 Å². The van der Waals surface area contributed by atoms with Gasteiger partial charge in [0.2, 0.25) is 0 Å². The van der Waals surface area contributed by atoms with Gasteiger partial charge in [0.15, 0.2) is 0 Å². The molecule has 0 aliphatic rings. The molecule has 0 atom stereocenters. The second-order valence-corrected chi connectivity index (χ2v) is 4.14. The van der Waals surface area contributed by atoms with Gasteiger partial charge in [0.05, 0.1) is 22.7 Å². The van der Waals surface area contributed by atoms with Crippen molar-refractivity contribution in [3.8, 4) is 0 Å². The number of nitrogens with zero attached hydrogens (tertiary/aromatic N) is 3. The van der Waals surface area contributed by atoms with Gasteiger partial charge in [-0.15, -0.1) is 0 Å². The van der Waals surface area contributed by atoms with Gasteiger partial charge in [-0.05, 0) is 6.07 Å². The lowest BCUT2D eigenvalue weighted by Gasteiger charge is -2.08. The minimum atomic E-state index is -0.418. The Bertz CT molecular complexity index is 582. The van der Waals surface area contributed by atoms with Crippen molar-refractivity contribution < 1.29 is 4.92 Å². The zero-order chi connectivity index (χ0) is 13.1. The summed E-state index contributed by atoms with van der Waals surface area (Å²) in [6.07, 6.45) is 3.19. The summed E-state index contributed by atoms with van der Waals surface area (Å²) in [6, 6.07) is 4.67. The number of benzene rings is 1. The quantitative estimate of drug-likeness (QED) is 0.682. The fourth-order valence-electron chi connectivity index (χ4n) is 1.67. The van der Waals surface area contributed by atoms with Crippen LogP contribution in [-0.2, 0) is 6.54 Å². The van der Waals surface area contributed by atoms with Gasteiger partial charge in [-0.2, -0.15) is 5.10 Å². The molecule has 1 aromatic heterocycles. The molecule has 2 rings (SSSR count). The Hall–Kier alpha value is -2.08. The summed E-state index contributed by atoms with van der Waals surface area (Å²) in [5.74, 6) is 0. The minimum absolute atomic E-state index is 0.0576. The first-order valence-electron chi connectivity index (χ1n) is 5.23. The molecular formula is C11H11ClN4O2. The molecule has 18 heavy (non-hydrogen) atoms. The van der Waals surface area contributed by atoms with Crippen molar-refractivity contribution in [3.05, 3.63) is 51.3 Å². The van der Waals surface area contributed by atoms with E-state index in [0.717, 1.165) is 11.3 Å². The van der Waals surface area contributed by atoms with E-state index in [9.17, 15) is 10.1 Å². The molecule has 0 aliphatic carbocycles. The number of nitrogens with one attached hydrogen (secondary N) is 1.